The van der Waals surface area contributed by atoms with Crippen molar-refractivity contribution in [2.24, 2.45) is 0 Å². The molecule has 0 radical (unpaired) electrons. The number of pyridine rings is 1. The molecule has 6 nitrogen and oxygen atoms in total. The van der Waals surface area contributed by atoms with Crippen LogP contribution in [0.4, 0.5) is 0 Å². The first-order valence-corrected chi connectivity index (χ1v) is 7.83. The van der Waals surface area contributed by atoms with Gasteiger partial charge in [-0.25, -0.2) is 4.98 Å². The highest BCUT2D eigenvalue weighted by atomic mass is 32.1. The average Bonchev–Trinajstić information content (AvgIpc) is 3.14. The molecular weight excluding hydrogens is 312 g/mol. The first kappa shape index (κ1) is 15.1. The Morgan fingerprint density at radius 3 is 2.78 bits per heavy atom. The van der Waals surface area contributed by atoms with E-state index in [4.69, 9.17) is 4.74 Å². The van der Waals surface area contributed by atoms with E-state index in [1.165, 1.54) is 13.3 Å². The number of rotatable bonds is 5. The zero-order chi connectivity index (χ0) is 16.1. The van der Waals surface area contributed by atoms with E-state index in [2.05, 4.69) is 20.3 Å². The molecule has 3 heterocycles. The second-order valence-corrected chi connectivity index (χ2v) is 5.42. The van der Waals surface area contributed by atoms with Crippen LogP contribution in [-0.4, -0.2) is 28.0 Å². The lowest BCUT2D eigenvalue weighted by Crippen LogP contribution is -2.24. The zero-order valence-corrected chi connectivity index (χ0v) is 13.2. The minimum atomic E-state index is -0.220. The van der Waals surface area contributed by atoms with Crippen LogP contribution < -0.4 is 10.1 Å². The molecule has 23 heavy (non-hydrogen) atoms. The van der Waals surface area contributed by atoms with Crippen LogP contribution in [0.3, 0.4) is 0 Å². The number of nitrogens with one attached hydrogen (secondary N) is 1. The van der Waals surface area contributed by atoms with Crippen LogP contribution in [0.5, 0.6) is 5.88 Å². The second-order valence-electron chi connectivity index (χ2n) is 4.64. The lowest BCUT2D eigenvalue weighted by atomic mass is 10.2. The van der Waals surface area contributed by atoms with Crippen molar-refractivity contribution in [3.63, 3.8) is 0 Å². The molecule has 3 aromatic rings. The Labute approximate surface area is 137 Å². The van der Waals surface area contributed by atoms with Crippen molar-refractivity contribution < 1.29 is 9.53 Å². The van der Waals surface area contributed by atoms with Crippen LogP contribution in [0.25, 0.3) is 11.3 Å². The third-order valence-electron chi connectivity index (χ3n) is 3.19. The summed E-state index contributed by atoms with van der Waals surface area (Å²) >= 11 is 1.59. The number of carbonyl (C=O) groups is 1. The molecule has 1 N–H and O–H groups in total. The molecule has 0 aliphatic rings. The van der Waals surface area contributed by atoms with Gasteiger partial charge in [-0.3, -0.25) is 14.8 Å². The third-order valence-corrected chi connectivity index (χ3v) is 3.88. The average molecular weight is 326 g/mol. The Balaban J connectivity index is 1.72. The number of amides is 1. The molecule has 0 aromatic carbocycles. The van der Waals surface area contributed by atoms with Gasteiger partial charge in [0.25, 0.3) is 5.91 Å². The van der Waals surface area contributed by atoms with Crippen LogP contribution in [0.1, 0.15) is 16.1 Å². The fraction of sp³-hybridized carbons (Fsp3) is 0.125. The summed E-state index contributed by atoms with van der Waals surface area (Å²) in [6.07, 6.45) is 4.74. The first-order chi connectivity index (χ1) is 11.3. The second kappa shape index (κ2) is 6.97. The summed E-state index contributed by atoms with van der Waals surface area (Å²) in [6, 6.07) is 5.29. The molecule has 116 valence electrons. The van der Waals surface area contributed by atoms with E-state index in [9.17, 15) is 4.79 Å². The quantitative estimate of drug-likeness (QED) is 0.779. The molecule has 0 aliphatic heterocycles. The normalized spacial score (nSPS) is 10.3. The first-order valence-electron chi connectivity index (χ1n) is 6.88. The maximum absolute atomic E-state index is 12.2. The van der Waals surface area contributed by atoms with E-state index in [1.54, 1.807) is 35.9 Å². The fourth-order valence-electron chi connectivity index (χ4n) is 2.04. The SMILES string of the molecule is COc1ccc(C(=O)NCc2nccnc2-c2ccsc2)cn1. The van der Waals surface area contributed by atoms with Gasteiger partial charge in [0.15, 0.2) is 0 Å². The van der Waals surface area contributed by atoms with Gasteiger partial charge in [-0.15, -0.1) is 0 Å². The Morgan fingerprint density at radius 1 is 1.22 bits per heavy atom. The van der Waals surface area contributed by atoms with E-state index in [1.807, 2.05) is 16.8 Å². The van der Waals surface area contributed by atoms with Gasteiger partial charge in [0.2, 0.25) is 5.88 Å². The van der Waals surface area contributed by atoms with Crippen LogP contribution in [-0.2, 0) is 6.54 Å². The molecule has 0 atom stereocenters. The highest BCUT2D eigenvalue weighted by Crippen LogP contribution is 2.22. The van der Waals surface area contributed by atoms with Crippen molar-refractivity contribution in [2.75, 3.05) is 7.11 Å². The minimum Gasteiger partial charge on any atom is -0.481 e. The van der Waals surface area contributed by atoms with E-state index in [-0.39, 0.29) is 5.91 Å². The standard InChI is InChI=1S/C16H14N4O2S/c1-22-14-3-2-11(8-19-14)16(21)20-9-13-15(18-6-5-17-13)12-4-7-23-10-12/h2-8,10H,9H2,1H3,(H,20,21). The number of carbonyl (C=O) groups excluding carboxylic acids is 1. The number of nitrogens with zero attached hydrogens (tertiary/aromatic N) is 3. The van der Waals surface area contributed by atoms with Gasteiger partial charge in [-0.2, -0.15) is 11.3 Å². The van der Waals surface area contributed by atoms with Gasteiger partial charge < -0.3 is 10.1 Å². The summed E-state index contributed by atoms with van der Waals surface area (Å²) in [6.45, 7) is 0.296. The Bertz CT molecular complexity index is 788. The van der Waals surface area contributed by atoms with E-state index in [0.29, 0.717) is 18.0 Å². The molecule has 0 saturated carbocycles. The van der Waals surface area contributed by atoms with Crippen molar-refractivity contribution >= 4 is 17.2 Å². The van der Waals surface area contributed by atoms with Crippen molar-refractivity contribution in [3.05, 3.63) is 58.8 Å². The van der Waals surface area contributed by atoms with Crippen molar-refractivity contribution in [2.45, 2.75) is 6.54 Å². The number of hydrogen-bond acceptors (Lipinski definition) is 6. The molecule has 1 amide bonds. The number of thiophene rings is 1. The molecule has 3 rings (SSSR count). The van der Waals surface area contributed by atoms with Gasteiger partial charge in [0, 0.05) is 35.6 Å². The van der Waals surface area contributed by atoms with Gasteiger partial charge in [-0.1, -0.05) is 0 Å². The van der Waals surface area contributed by atoms with Crippen LogP contribution in [0.2, 0.25) is 0 Å². The van der Waals surface area contributed by atoms with Gasteiger partial charge in [0.05, 0.1) is 30.6 Å². The van der Waals surface area contributed by atoms with Gasteiger partial charge >= 0.3 is 0 Å². The minimum absolute atomic E-state index is 0.220. The number of hydrogen-bond donors (Lipinski definition) is 1. The largest absolute Gasteiger partial charge is 0.481 e. The van der Waals surface area contributed by atoms with Crippen LogP contribution >= 0.6 is 11.3 Å². The van der Waals surface area contributed by atoms with Crippen molar-refractivity contribution in [1.82, 2.24) is 20.3 Å². The Kier molecular flexibility index (Phi) is 4.58. The smallest absolute Gasteiger partial charge is 0.253 e. The lowest BCUT2D eigenvalue weighted by molar-refractivity contribution is 0.0950. The predicted molar refractivity (Wildman–Crippen MR) is 87.3 cm³/mol. The highest BCUT2D eigenvalue weighted by molar-refractivity contribution is 7.08. The Hall–Kier alpha value is -2.80. The zero-order valence-electron chi connectivity index (χ0n) is 12.4. The molecule has 0 aliphatic carbocycles. The number of aromatic nitrogens is 3. The summed E-state index contributed by atoms with van der Waals surface area (Å²) in [5.41, 5.74) is 2.97. The van der Waals surface area contributed by atoms with Crippen molar-refractivity contribution in [1.29, 1.82) is 0 Å². The molecular formula is C16H14N4O2S. The third kappa shape index (κ3) is 3.51. The topological polar surface area (TPSA) is 77.0 Å². The fourth-order valence-corrected chi connectivity index (χ4v) is 2.68. The van der Waals surface area contributed by atoms with E-state index < -0.39 is 0 Å². The van der Waals surface area contributed by atoms with Crippen LogP contribution in [0, 0.1) is 0 Å². The molecule has 0 fully saturated rings. The summed E-state index contributed by atoms with van der Waals surface area (Å²) in [7, 11) is 1.53. The molecule has 0 unspecified atom stereocenters. The Morgan fingerprint density at radius 2 is 2.09 bits per heavy atom. The summed E-state index contributed by atoms with van der Waals surface area (Å²) in [5, 5.41) is 6.82. The maximum atomic E-state index is 12.2. The van der Waals surface area contributed by atoms with Crippen LogP contribution in [0.15, 0.2) is 47.5 Å². The maximum Gasteiger partial charge on any atom is 0.253 e. The number of ether oxygens (including phenoxy) is 1. The molecule has 0 spiro atoms. The monoisotopic (exact) mass is 326 g/mol. The molecule has 0 saturated heterocycles. The highest BCUT2D eigenvalue weighted by Gasteiger charge is 2.11. The summed E-state index contributed by atoms with van der Waals surface area (Å²) in [5.74, 6) is 0.247. The van der Waals surface area contributed by atoms with E-state index in [0.717, 1.165) is 17.0 Å². The van der Waals surface area contributed by atoms with Crippen molar-refractivity contribution in [3.8, 4) is 17.1 Å². The summed E-state index contributed by atoms with van der Waals surface area (Å²) in [4.78, 5) is 24.9. The molecule has 3 aromatic heterocycles. The number of methoxy groups -OCH3 is 1. The summed E-state index contributed by atoms with van der Waals surface area (Å²) < 4.78 is 4.98. The van der Waals surface area contributed by atoms with Gasteiger partial charge in [-0.05, 0) is 17.5 Å². The predicted octanol–water partition coefficient (Wildman–Crippen LogP) is 2.54. The molecule has 0 bridgehead atoms. The lowest BCUT2D eigenvalue weighted by Gasteiger charge is -2.08. The van der Waals surface area contributed by atoms with E-state index >= 15 is 0 Å². The van der Waals surface area contributed by atoms with Gasteiger partial charge in [0.1, 0.15) is 0 Å². The molecule has 7 heteroatoms.